The molecule has 0 spiro atoms. The van der Waals surface area contributed by atoms with E-state index < -0.39 is 17.7 Å². The second kappa shape index (κ2) is 11.5. The van der Waals surface area contributed by atoms with E-state index >= 15 is 0 Å². The van der Waals surface area contributed by atoms with Crippen LogP contribution in [0.1, 0.15) is 42.9 Å². The number of benzene rings is 2. The Morgan fingerprint density at radius 3 is 2.47 bits per heavy atom. The van der Waals surface area contributed by atoms with Crippen molar-refractivity contribution in [3.63, 3.8) is 0 Å². The molecular formula is C28H34F2N2O4. The summed E-state index contributed by atoms with van der Waals surface area (Å²) in [5.74, 6) is -0.423. The predicted octanol–water partition coefficient (Wildman–Crippen LogP) is 4.80. The third kappa shape index (κ3) is 6.11. The van der Waals surface area contributed by atoms with E-state index in [1.54, 1.807) is 13.3 Å². The summed E-state index contributed by atoms with van der Waals surface area (Å²) in [5, 5.41) is 22.3. The Bertz CT molecular complexity index is 1160. The topological polar surface area (TPSA) is 75.0 Å². The van der Waals surface area contributed by atoms with Crippen molar-refractivity contribution < 1.29 is 28.5 Å². The van der Waals surface area contributed by atoms with E-state index in [1.165, 1.54) is 12.1 Å². The predicted molar refractivity (Wildman–Crippen MR) is 134 cm³/mol. The summed E-state index contributed by atoms with van der Waals surface area (Å²) in [6.07, 6.45) is 3.94. The fraction of sp³-hybridized carbons (Fsp3) is 0.464. The maximum Gasteiger partial charge on any atom is 0.129 e. The molecule has 1 fully saturated rings. The Labute approximate surface area is 210 Å². The average Bonchev–Trinajstić information content (AvgIpc) is 2.87. The van der Waals surface area contributed by atoms with Crippen LogP contribution in [0, 0.1) is 24.0 Å². The lowest BCUT2D eigenvalue weighted by Crippen LogP contribution is -2.43. The molecule has 2 heterocycles. The number of hydrogen-bond acceptors (Lipinski definition) is 6. The van der Waals surface area contributed by atoms with Crippen LogP contribution < -0.4 is 9.47 Å². The maximum atomic E-state index is 13.3. The summed E-state index contributed by atoms with van der Waals surface area (Å²) in [5.41, 5.74) is 2.34. The van der Waals surface area contributed by atoms with Crippen molar-refractivity contribution in [2.24, 2.45) is 5.41 Å². The number of methoxy groups -OCH3 is 1. The molecule has 194 valence electrons. The van der Waals surface area contributed by atoms with Crippen LogP contribution >= 0.6 is 0 Å². The first kappa shape index (κ1) is 26.3. The van der Waals surface area contributed by atoms with Gasteiger partial charge in [0.25, 0.3) is 0 Å². The number of rotatable bonds is 10. The minimum absolute atomic E-state index is 0.0660. The normalized spacial score (nSPS) is 16.7. The van der Waals surface area contributed by atoms with Crippen molar-refractivity contribution in [2.45, 2.75) is 38.7 Å². The molecule has 0 aliphatic carbocycles. The van der Waals surface area contributed by atoms with Gasteiger partial charge in [0, 0.05) is 42.9 Å². The first-order chi connectivity index (χ1) is 17.3. The molecule has 0 unspecified atom stereocenters. The lowest BCUT2D eigenvalue weighted by atomic mass is 9.74. The third-order valence-electron chi connectivity index (χ3n) is 7.36. The number of aromatic nitrogens is 1. The second-order valence-electron chi connectivity index (χ2n) is 9.75. The number of nitrogens with zero attached hydrogens (tertiary/aromatic N) is 2. The van der Waals surface area contributed by atoms with Crippen LogP contribution in [0.3, 0.4) is 0 Å². The molecule has 1 atom stereocenters. The Kier molecular flexibility index (Phi) is 8.39. The molecule has 0 bridgehead atoms. The van der Waals surface area contributed by atoms with Gasteiger partial charge in [-0.25, -0.2) is 8.78 Å². The van der Waals surface area contributed by atoms with Gasteiger partial charge in [0.15, 0.2) is 0 Å². The highest BCUT2D eigenvalue weighted by Crippen LogP contribution is 2.39. The lowest BCUT2D eigenvalue weighted by molar-refractivity contribution is 0.0204. The third-order valence-corrected chi connectivity index (χ3v) is 7.36. The van der Waals surface area contributed by atoms with Gasteiger partial charge in [-0.05, 0) is 80.4 Å². The second-order valence-corrected chi connectivity index (χ2v) is 9.75. The SMILES string of the molecule is COc1ccc2ncc(C)c([C@H](O)CCC3(CO)CCN(CCOc4cc(F)cc(F)c4)CC3)c2c1. The van der Waals surface area contributed by atoms with Crippen LogP contribution in [0.2, 0.25) is 0 Å². The fourth-order valence-electron chi connectivity index (χ4n) is 5.09. The number of likely N-dealkylation sites (tertiary alicyclic amines) is 1. The van der Waals surface area contributed by atoms with Crippen LogP contribution in [-0.2, 0) is 0 Å². The van der Waals surface area contributed by atoms with Crippen LogP contribution in [0.5, 0.6) is 11.5 Å². The molecule has 6 nitrogen and oxygen atoms in total. The summed E-state index contributed by atoms with van der Waals surface area (Å²) in [6, 6.07) is 8.82. The summed E-state index contributed by atoms with van der Waals surface area (Å²) < 4.78 is 37.5. The van der Waals surface area contributed by atoms with Crippen molar-refractivity contribution in [2.75, 3.05) is 40.0 Å². The highest BCUT2D eigenvalue weighted by atomic mass is 19.1. The molecule has 2 aromatic carbocycles. The van der Waals surface area contributed by atoms with Crippen LogP contribution in [0.25, 0.3) is 10.9 Å². The number of aliphatic hydroxyl groups excluding tert-OH is 2. The van der Waals surface area contributed by atoms with E-state index in [1.807, 2.05) is 25.1 Å². The molecule has 1 saturated heterocycles. The monoisotopic (exact) mass is 500 g/mol. The highest BCUT2D eigenvalue weighted by molar-refractivity contribution is 5.84. The van der Waals surface area contributed by atoms with Gasteiger partial charge in [-0.2, -0.15) is 0 Å². The van der Waals surface area contributed by atoms with Crippen LogP contribution in [0.15, 0.2) is 42.6 Å². The first-order valence-corrected chi connectivity index (χ1v) is 12.4. The quantitative estimate of drug-likeness (QED) is 0.417. The molecule has 2 N–H and O–H groups in total. The van der Waals surface area contributed by atoms with Gasteiger partial charge < -0.3 is 19.7 Å². The smallest absolute Gasteiger partial charge is 0.129 e. The van der Waals surface area contributed by atoms with Gasteiger partial charge in [0.05, 0.1) is 18.7 Å². The van der Waals surface area contributed by atoms with Gasteiger partial charge in [-0.3, -0.25) is 9.88 Å². The molecule has 4 rings (SSSR count). The minimum atomic E-state index is -0.677. The molecule has 0 radical (unpaired) electrons. The van der Waals surface area contributed by atoms with Crippen LogP contribution in [0.4, 0.5) is 8.78 Å². The summed E-state index contributed by atoms with van der Waals surface area (Å²) in [7, 11) is 1.62. The van der Waals surface area contributed by atoms with Gasteiger partial charge in [0.2, 0.25) is 0 Å². The zero-order valence-corrected chi connectivity index (χ0v) is 20.8. The van der Waals surface area contributed by atoms with E-state index in [2.05, 4.69) is 9.88 Å². The van der Waals surface area contributed by atoms with Gasteiger partial charge >= 0.3 is 0 Å². The van der Waals surface area contributed by atoms with Crippen molar-refractivity contribution in [1.82, 2.24) is 9.88 Å². The molecule has 8 heteroatoms. The molecule has 1 aromatic heterocycles. The maximum absolute atomic E-state index is 13.3. The fourth-order valence-corrected chi connectivity index (χ4v) is 5.09. The Hall–Kier alpha value is -2.81. The number of hydrogen-bond donors (Lipinski definition) is 2. The van der Waals surface area contributed by atoms with Gasteiger partial charge in [0.1, 0.15) is 29.7 Å². The van der Waals surface area contributed by atoms with E-state index in [4.69, 9.17) is 9.47 Å². The largest absolute Gasteiger partial charge is 0.497 e. The number of ether oxygens (including phenoxy) is 2. The molecule has 0 saturated carbocycles. The summed E-state index contributed by atoms with van der Waals surface area (Å²) >= 11 is 0. The van der Waals surface area contributed by atoms with Gasteiger partial charge in [-0.15, -0.1) is 0 Å². The molecule has 0 amide bonds. The van der Waals surface area contributed by atoms with E-state index in [0.29, 0.717) is 31.7 Å². The molecular weight excluding hydrogens is 466 g/mol. The number of fused-ring (bicyclic) bond motifs is 1. The van der Waals surface area contributed by atoms with Crippen LogP contribution in [-0.4, -0.2) is 60.1 Å². The lowest BCUT2D eigenvalue weighted by Gasteiger charge is -2.41. The highest BCUT2D eigenvalue weighted by Gasteiger charge is 2.34. The molecule has 1 aliphatic rings. The minimum Gasteiger partial charge on any atom is -0.497 e. The number of pyridine rings is 1. The zero-order chi connectivity index (χ0) is 25.7. The molecule has 3 aromatic rings. The Morgan fingerprint density at radius 2 is 1.81 bits per heavy atom. The van der Waals surface area contributed by atoms with Crippen molar-refractivity contribution >= 4 is 10.9 Å². The van der Waals surface area contributed by atoms with E-state index in [0.717, 1.165) is 54.0 Å². The summed E-state index contributed by atoms with van der Waals surface area (Å²) in [6.45, 7) is 4.54. The summed E-state index contributed by atoms with van der Waals surface area (Å²) in [4.78, 5) is 6.71. The first-order valence-electron chi connectivity index (χ1n) is 12.4. The van der Waals surface area contributed by atoms with E-state index in [-0.39, 0.29) is 17.8 Å². The van der Waals surface area contributed by atoms with Crippen molar-refractivity contribution in [3.05, 3.63) is 65.4 Å². The average molecular weight is 501 g/mol. The number of piperidine rings is 1. The number of aryl methyl sites for hydroxylation is 1. The van der Waals surface area contributed by atoms with Gasteiger partial charge in [-0.1, -0.05) is 0 Å². The molecule has 36 heavy (non-hydrogen) atoms. The van der Waals surface area contributed by atoms with Crippen molar-refractivity contribution in [1.29, 1.82) is 0 Å². The number of aliphatic hydroxyl groups is 2. The number of halogens is 2. The Morgan fingerprint density at radius 1 is 1.08 bits per heavy atom. The van der Waals surface area contributed by atoms with Crippen molar-refractivity contribution in [3.8, 4) is 11.5 Å². The Balaban J connectivity index is 1.33. The standard InChI is InChI=1S/C28H34F2N2O4/c1-19-17-31-25-4-3-22(35-2)16-24(25)27(19)26(34)5-6-28(18-33)7-9-32(10-8-28)11-12-36-23-14-20(29)13-21(30)15-23/h3-4,13-17,26,33-34H,5-12,18H2,1-2H3/t26-/m1/s1. The van der Waals surface area contributed by atoms with E-state index in [9.17, 15) is 19.0 Å². The molecule has 1 aliphatic heterocycles. The zero-order valence-electron chi connectivity index (χ0n) is 20.8.